The second-order valence-corrected chi connectivity index (χ2v) is 2.39. The predicted octanol–water partition coefficient (Wildman–Crippen LogP) is -0.238. The molecule has 1 aliphatic rings. The average molecular weight is 149 g/mol. The van der Waals surface area contributed by atoms with Crippen molar-refractivity contribution in [2.24, 2.45) is 0 Å². The van der Waals surface area contributed by atoms with Crippen LogP contribution in [0.2, 0.25) is 0 Å². The number of aromatic nitrogens is 2. The summed E-state index contributed by atoms with van der Waals surface area (Å²) in [5.74, 6) is -0.0631. The van der Waals surface area contributed by atoms with Crippen LogP contribution in [0.15, 0.2) is 12.5 Å². The lowest BCUT2D eigenvalue weighted by Gasteiger charge is -2.13. The largest absolute Gasteiger partial charge is 0.352 e. The Morgan fingerprint density at radius 1 is 1.55 bits per heavy atom. The molecule has 2 rings (SSSR count). The van der Waals surface area contributed by atoms with Gasteiger partial charge in [-0.1, -0.05) is 0 Å². The summed E-state index contributed by atoms with van der Waals surface area (Å²) in [7, 11) is 0. The monoisotopic (exact) mass is 149 g/mol. The van der Waals surface area contributed by atoms with Gasteiger partial charge in [-0.3, -0.25) is 4.79 Å². The topological polar surface area (TPSA) is 54.9 Å². The second kappa shape index (κ2) is 2.30. The third-order valence-electron chi connectivity index (χ3n) is 1.69. The number of carbonyl (C=O) groups is 1. The molecule has 0 aromatic carbocycles. The Morgan fingerprint density at radius 2 is 2.45 bits per heavy atom. The van der Waals surface area contributed by atoms with Gasteiger partial charge in [0, 0.05) is 19.2 Å². The van der Waals surface area contributed by atoms with Gasteiger partial charge in [0.1, 0.15) is 6.33 Å². The Labute approximate surface area is 63.7 Å². The number of fused-ring (bicyclic) bond motifs is 1. The van der Waals surface area contributed by atoms with Gasteiger partial charge in [-0.15, -0.1) is 0 Å². The molecule has 0 unspecified atom stereocenters. The molecular formula is C7H7N3O. The fourth-order valence-corrected chi connectivity index (χ4v) is 1.13. The summed E-state index contributed by atoms with van der Waals surface area (Å²) < 4.78 is 0. The molecule has 0 spiro atoms. The van der Waals surface area contributed by atoms with E-state index in [1.807, 2.05) is 0 Å². The Kier molecular flexibility index (Phi) is 1.31. The zero-order valence-electron chi connectivity index (χ0n) is 5.87. The number of rotatable bonds is 0. The average Bonchev–Trinajstić information content (AvgIpc) is 2.06. The van der Waals surface area contributed by atoms with Crippen LogP contribution in [-0.4, -0.2) is 22.4 Å². The minimum Gasteiger partial charge on any atom is -0.352 e. The molecule has 1 amide bonds. The molecule has 1 aromatic heterocycles. The SMILES string of the molecule is O=C1NCCc2ncncc21. The highest BCUT2D eigenvalue weighted by Crippen LogP contribution is 2.07. The maximum atomic E-state index is 11.1. The molecule has 0 saturated carbocycles. The maximum absolute atomic E-state index is 11.1. The van der Waals surface area contributed by atoms with E-state index < -0.39 is 0 Å². The first-order chi connectivity index (χ1) is 5.38. The van der Waals surface area contributed by atoms with Crippen LogP contribution in [0, 0.1) is 0 Å². The van der Waals surface area contributed by atoms with Gasteiger partial charge < -0.3 is 5.32 Å². The zero-order valence-corrected chi connectivity index (χ0v) is 5.87. The van der Waals surface area contributed by atoms with E-state index in [9.17, 15) is 4.79 Å². The first-order valence-electron chi connectivity index (χ1n) is 3.45. The van der Waals surface area contributed by atoms with Crippen LogP contribution in [0.1, 0.15) is 16.1 Å². The van der Waals surface area contributed by atoms with E-state index in [0.717, 1.165) is 12.1 Å². The lowest BCUT2D eigenvalue weighted by Crippen LogP contribution is -2.32. The van der Waals surface area contributed by atoms with Crippen LogP contribution in [0.5, 0.6) is 0 Å². The third-order valence-corrected chi connectivity index (χ3v) is 1.69. The molecule has 0 atom stereocenters. The third kappa shape index (κ3) is 0.960. The normalized spacial score (nSPS) is 15.5. The number of hydrogen-bond acceptors (Lipinski definition) is 3. The lowest BCUT2D eigenvalue weighted by atomic mass is 10.1. The van der Waals surface area contributed by atoms with Crippen LogP contribution in [-0.2, 0) is 6.42 Å². The number of hydrogen-bond donors (Lipinski definition) is 1. The van der Waals surface area contributed by atoms with Crippen molar-refractivity contribution >= 4 is 5.91 Å². The van der Waals surface area contributed by atoms with Crippen LogP contribution in [0.3, 0.4) is 0 Å². The summed E-state index contributed by atoms with van der Waals surface area (Å²) in [5, 5.41) is 2.72. The van der Waals surface area contributed by atoms with Gasteiger partial charge in [0.2, 0.25) is 0 Å². The van der Waals surface area contributed by atoms with E-state index in [1.165, 1.54) is 6.33 Å². The molecule has 0 radical (unpaired) electrons. The van der Waals surface area contributed by atoms with Crippen LogP contribution in [0.4, 0.5) is 0 Å². The van der Waals surface area contributed by atoms with Gasteiger partial charge in [0.15, 0.2) is 0 Å². The van der Waals surface area contributed by atoms with Crippen molar-refractivity contribution in [1.29, 1.82) is 0 Å². The van der Waals surface area contributed by atoms with Crippen molar-refractivity contribution in [3.63, 3.8) is 0 Å². The molecule has 4 nitrogen and oxygen atoms in total. The van der Waals surface area contributed by atoms with Gasteiger partial charge >= 0.3 is 0 Å². The molecule has 0 bridgehead atoms. The Morgan fingerprint density at radius 3 is 3.27 bits per heavy atom. The summed E-state index contributed by atoms with van der Waals surface area (Å²) >= 11 is 0. The molecule has 0 saturated heterocycles. The summed E-state index contributed by atoms with van der Waals surface area (Å²) in [5.41, 5.74) is 1.46. The lowest BCUT2D eigenvalue weighted by molar-refractivity contribution is 0.0944. The van der Waals surface area contributed by atoms with E-state index in [0.29, 0.717) is 12.1 Å². The Balaban J connectivity index is 2.52. The number of nitrogens with zero attached hydrogens (tertiary/aromatic N) is 2. The molecule has 1 N–H and O–H groups in total. The van der Waals surface area contributed by atoms with Crippen molar-refractivity contribution in [2.75, 3.05) is 6.54 Å². The first kappa shape index (κ1) is 6.27. The fraction of sp³-hybridized carbons (Fsp3) is 0.286. The first-order valence-corrected chi connectivity index (χ1v) is 3.45. The molecule has 11 heavy (non-hydrogen) atoms. The Hall–Kier alpha value is -1.45. The van der Waals surface area contributed by atoms with Crippen molar-refractivity contribution in [3.8, 4) is 0 Å². The highest BCUT2D eigenvalue weighted by atomic mass is 16.1. The quantitative estimate of drug-likeness (QED) is 0.554. The minimum atomic E-state index is -0.0631. The van der Waals surface area contributed by atoms with Crippen molar-refractivity contribution in [3.05, 3.63) is 23.8 Å². The van der Waals surface area contributed by atoms with Crippen molar-refractivity contribution < 1.29 is 4.79 Å². The molecule has 0 fully saturated rings. The number of nitrogens with one attached hydrogen (secondary N) is 1. The van der Waals surface area contributed by atoms with Crippen LogP contribution >= 0.6 is 0 Å². The highest BCUT2D eigenvalue weighted by molar-refractivity contribution is 5.95. The smallest absolute Gasteiger partial charge is 0.254 e. The molecule has 0 aliphatic carbocycles. The zero-order chi connectivity index (χ0) is 7.68. The summed E-state index contributed by atoms with van der Waals surface area (Å²) in [6.45, 7) is 0.683. The van der Waals surface area contributed by atoms with Crippen LogP contribution < -0.4 is 5.32 Å². The van der Waals surface area contributed by atoms with E-state index in [2.05, 4.69) is 15.3 Å². The summed E-state index contributed by atoms with van der Waals surface area (Å²) in [6, 6.07) is 0. The van der Waals surface area contributed by atoms with E-state index in [-0.39, 0.29) is 5.91 Å². The van der Waals surface area contributed by atoms with Gasteiger partial charge in [0.05, 0.1) is 11.3 Å². The summed E-state index contributed by atoms with van der Waals surface area (Å²) in [6.07, 6.45) is 3.83. The molecular weight excluding hydrogens is 142 g/mol. The molecule has 1 aromatic rings. The van der Waals surface area contributed by atoms with Gasteiger partial charge in [0.25, 0.3) is 5.91 Å². The van der Waals surface area contributed by atoms with Gasteiger partial charge in [-0.2, -0.15) is 0 Å². The fourth-order valence-electron chi connectivity index (χ4n) is 1.13. The predicted molar refractivity (Wildman–Crippen MR) is 38.1 cm³/mol. The van der Waals surface area contributed by atoms with Crippen molar-refractivity contribution in [2.45, 2.75) is 6.42 Å². The maximum Gasteiger partial charge on any atom is 0.254 e. The summed E-state index contributed by atoms with van der Waals surface area (Å²) in [4.78, 5) is 18.9. The van der Waals surface area contributed by atoms with E-state index in [4.69, 9.17) is 0 Å². The number of carbonyl (C=O) groups excluding carboxylic acids is 1. The molecule has 4 heteroatoms. The minimum absolute atomic E-state index is 0.0631. The van der Waals surface area contributed by atoms with E-state index in [1.54, 1.807) is 6.20 Å². The molecule has 56 valence electrons. The van der Waals surface area contributed by atoms with E-state index >= 15 is 0 Å². The number of amides is 1. The Bertz CT molecular complexity index is 297. The van der Waals surface area contributed by atoms with Crippen molar-refractivity contribution in [1.82, 2.24) is 15.3 Å². The molecule has 1 aliphatic heterocycles. The van der Waals surface area contributed by atoms with Crippen LogP contribution in [0.25, 0.3) is 0 Å². The van der Waals surface area contributed by atoms with Gasteiger partial charge in [-0.25, -0.2) is 9.97 Å². The van der Waals surface area contributed by atoms with Gasteiger partial charge in [-0.05, 0) is 0 Å². The highest BCUT2D eigenvalue weighted by Gasteiger charge is 2.16. The standard InChI is InChI=1S/C7H7N3O/c11-7-5-3-8-4-10-6(5)1-2-9-7/h3-4H,1-2H2,(H,9,11). The second-order valence-electron chi connectivity index (χ2n) is 2.39. The molecule has 2 heterocycles.